The second-order valence-electron chi connectivity index (χ2n) is 6.02. The minimum absolute atomic E-state index is 0.172. The molecule has 0 atom stereocenters. The molecule has 0 saturated heterocycles. The topological polar surface area (TPSA) is 77.4 Å². The molecule has 6 nitrogen and oxygen atoms in total. The molecular formula is C24H38O6. The van der Waals surface area contributed by atoms with Gasteiger partial charge in [-0.2, -0.15) is 0 Å². The van der Waals surface area contributed by atoms with E-state index in [2.05, 4.69) is 0 Å². The number of phenolic OH excluding ortho intramolecular Hbond substituents is 2. The van der Waals surface area contributed by atoms with Crippen LogP contribution in [-0.4, -0.2) is 38.7 Å². The molecule has 0 aliphatic rings. The van der Waals surface area contributed by atoms with Crippen molar-refractivity contribution < 1.29 is 29.2 Å². The minimum atomic E-state index is 0.172. The van der Waals surface area contributed by atoms with Crippen LogP contribution in [0.3, 0.4) is 0 Å². The molecular weight excluding hydrogens is 384 g/mol. The number of phenols is 2. The van der Waals surface area contributed by atoms with Crippen LogP contribution in [-0.2, 0) is 45.4 Å². The third kappa shape index (κ3) is 7.61. The predicted molar refractivity (Wildman–Crippen MR) is 121 cm³/mol. The van der Waals surface area contributed by atoms with Crippen molar-refractivity contribution in [3.8, 4) is 22.6 Å². The van der Waals surface area contributed by atoms with Gasteiger partial charge in [-0.3, -0.25) is 0 Å². The summed E-state index contributed by atoms with van der Waals surface area (Å²) in [5, 5.41) is 20.8. The maximum atomic E-state index is 10.4. The van der Waals surface area contributed by atoms with Crippen LogP contribution < -0.4 is 0 Å². The van der Waals surface area contributed by atoms with Gasteiger partial charge in [0.25, 0.3) is 0 Å². The van der Waals surface area contributed by atoms with Gasteiger partial charge < -0.3 is 29.2 Å². The highest BCUT2D eigenvalue weighted by Crippen LogP contribution is 2.35. The van der Waals surface area contributed by atoms with Gasteiger partial charge in [-0.05, 0) is 35.4 Å². The second kappa shape index (κ2) is 15.7. The van der Waals surface area contributed by atoms with Gasteiger partial charge in [-0.1, -0.05) is 27.7 Å². The quantitative estimate of drug-likeness (QED) is 0.563. The normalized spacial score (nSPS) is 10.0. The maximum Gasteiger partial charge on any atom is 0.126 e. The van der Waals surface area contributed by atoms with E-state index in [9.17, 15) is 10.2 Å². The molecule has 2 rings (SSSR count). The minimum Gasteiger partial charge on any atom is -0.507 e. The Kier molecular flexibility index (Phi) is 14.6. The van der Waals surface area contributed by atoms with Gasteiger partial charge in [-0.15, -0.1) is 0 Å². The lowest BCUT2D eigenvalue weighted by atomic mass is 9.95. The van der Waals surface area contributed by atoms with Crippen molar-refractivity contribution in [3.05, 3.63) is 46.5 Å². The van der Waals surface area contributed by atoms with Crippen LogP contribution in [0.15, 0.2) is 24.3 Å². The predicted octanol–water partition coefficient (Wildman–Crippen LogP) is 5.40. The summed E-state index contributed by atoms with van der Waals surface area (Å²) in [6.07, 6.45) is 0. The number of hydrogen-bond donors (Lipinski definition) is 2. The zero-order valence-electron chi connectivity index (χ0n) is 19.7. The number of methoxy groups -OCH3 is 4. The van der Waals surface area contributed by atoms with E-state index in [1.165, 1.54) is 0 Å². The molecule has 0 aliphatic heterocycles. The van der Waals surface area contributed by atoms with Crippen LogP contribution in [0.2, 0.25) is 0 Å². The van der Waals surface area contributed by atoms with Crippen molar-refractivity contribution in [2.45, 2.75) is 54.1 Å². The molecule has 2 aromatic carbocycles. The Morgan fingerprint density at radius 2 is 0.700 bits per heavy atom. The molecule has 0 heterocycles. The number of ether oxygens (including phenoxy) is 4. The average molecular weight is 423 g/mol. The fourth-order valence-electron chi connectivity index (χ4n) is 2.92. The third-order valence-corrected chi connectivity index (χ3v) is 4.07. The molecule has 0 saturated carbocycles. The van der Waals surface area contributed by atoms with Gasteiger partial charge in [0.2, 0.25) is 0 Å². The molecule has 6 heteroatoms. The summed E-state index contributed by atoms with van der Waals surface area (Å²) in [5.41, 5.74) is 4.46. The van der Waals surface area contributed by atoms with Crippen molar-refractivity contribution in [2.75, 3.05) is 28.4 Å². The highest BCUT2D eigenvalue weighted by molar-refractivity contribution is 5.70. The average Bonchev–Trinajstić information content (AvgIpc) is 2.77. The van der Waals surface area contributed by atoms with E-state index >= 15 is 0 Å². The number of rotatable bonds is 9. The Labute approximate surface area is 181 Å². The maximum absolute atomic E-state index is 10.4. The molecule has 0 spiro atoms. The summed E-state index contributed by atoms with van der Waals surface area (Å²) in [4.78, 5) is 0. The summed E-state index contributed by atoms with van der Waals surface area (Å²) in [6.45, 7) is 9.13. The first kappa shape index (κ1) is 27.9. The van der Waals surface area contributed by atoms with E-state index in [1.807, 2.05) is 52.0 Å². The van der Waals surface area contributed by atoms with E-state index in [4.69, 9.17) is 18.9 Å². The summed E-state index contributed by atoms with van der Waals surface area (Å²) < 4.78 is 20.8. The number of hydrogen-bond acceptors (Lipinski definition) is 6. The standard InChI is InChI=1S/C20H26O6.2C2H6/c1-23-9-15-5-13(6-16(10-24-2)19(15)21)14-7-17(11-25-3)20(22)18(8-14)12-26-4;2*1-2/h5-8,21-22H,9-12H2,1-4H3;2*1-2H3. The highest BCUT2D eigenvalue weighted by Gasteiger charge is 2.15. The molecule has 0 aliphatic carbocycles. The first-order chi connectivity index (χ1) is 14.5. The van der Waals surface area contributed by atoms with Gasteiger partial charge in [0, 0.05) is 50.7 Å². The van der Waals surface area contributed by atoms with Gasteiger partial charge in [0.05, 0.1) is 26.4 Å². The van der Waals surface area contributed by atoms with Crippen LogP contribution in [0, 0.1) is 0 Å². The molecule has 2 aromatic rings. The SMILES string of the molecule is CC.CC.COCc1cc(-c2cc(COC)c(O)c(COC)c2)cc(COC)c1O. The third-order valence-electron chi connectivity index (χ3n) is 4.07. The Morgan fingerprint density at radius 3 is 0.867 bits per heavy atom. The van der Waals surface area contributed by atoms with E-state index < -0.39 is 0 Å². The van der Waals surface area contributed by atoms with Crippen LogP contribution in [0.4, 0.5) is 0 Å². The van der Waals surface area contributed by atoms with Gasteiger partial charge >= 0.3 is 0 Å². The van der Waals surface area contributed by atoms with E-state index in [-0.39, 0.29) is 37.9 Å². The molecule has 0 amide bonds. The van der Waals surface area contributed by atoms with Crippen molar-refractivity contribution >= 4 is 0 Å². The zero-order chi connectivity index (χ0) is 23.1. The lowest BCUT2D eigenvalue weighted by Crippen LogP contribution is -1.99. The van der Waals surface area contributed by atoms with Crippen molar-refractivity contribution in [2.24, 2.45) is 0 Å². The fourth-order valence-corrected chi connectivity index (χ4v) is 2.92. The molecule has 0 fully saturated rings. The summed E-state index contributed by atoms with van der Waals surface area (Å²) >= 11 is 0. The fraction of sp³-hybridized carbons (Fsp3) is 0.500. The van der Waals surface area contributed by atoms with Gasteiger partial charge in [0.15, 0.2) is 0 Å². The lowest BCUT2D eigenvalue weighted by molar-refractivity contribution is 0.174. The Bertz CT molecular complexity index is 625. The summed E-state index contributed by atoms with van der Waals surface area (Å²) in [6, 6.07) is 7.49. The van der Waals surface area contributed by atoms with Crippen molar-refractivity contribution in [1.82, 2.24) is 0 Å². The van der Waals surface area contributed by atoms with Crippen LogP contribution >= 0.6 is 0 Å². The smallest absolute Gasteiger partial charge is 0.126 e. The zero-order valence-corrected chi connectivity index (χ0v) is 19.7. The summed E-state index contributed by atoms with van der Waals surface area (Å²) in [5.74, 6) is 0.343. The van der Waals surface area contributed by atoms with Gasteiger partial charge in [0.1, 0.15) is 11.5 Å². The highest BCUT2D eigenvalue weighted by atomic mass is 16.5. The van der Waals surface area contributed by atoms with E-state index in [1.54, 1.807) is 28.4 Å². The van der Waals surface area contributed by atoms with Crippen molar-refractivity contribution in [3.63, 3.8) is 0 Å². The van der Waals surface area contributed by atoms with Gasteiger partial charge in [-0.25, -0.2) is 0 Å². The molecule has 0 bridgehead atoms. The van der Waals surface area contributed by atoms with E-state index in [0.717, 1.165) is 11.1 Å². The summed E-state index contributed by atoms with van der Waals surface area (Å²) in [7, 11) is 6.32. The second-order valence-corrected chi connectivity index (χ2v) is 6.02. The number of benzene rings is 2. The Hall–Kier alpha value is -2.12. The van der Waals surface area contributed by atoms with Crippen LogP contribution in [0.25, 0.3) is 11.1 Å². The first-order valence-electron chi connectivity index (χ1n) is 10.2. The molecule has 0 radical (unpaired) electrons. The molecule has 2 N–H and O–H groups in total. The Balaban J connectivity index is 0.00000198. The number of aromatic hydroxyl groups is 2. The first-order valence-corrected chi connectivity index (χ1v) is 10.2. The Morgan fingerprint density at radius 1 is 0.500 bits per heavy atom. The largest absolute Gasteiger partial charge is 0.507 e. The molecule has 30 heavy (non-hydrogen) atoms. The van der Waals surface area contributed by atoms with Crippen molar-refractivity contribution in [1.29, 1.82) is 0 Å². The monoisotopic (exact) mass is 422 g/mol. The van der Waals surface area contributed by atoms with E-state index in [0.29, 0.717) is 22.3 Å². The van der Waals surface area contributed by atoms with Crippen LogP contribution in [0.5, 0.6) is 11.5 Å². The molecule has 0 aromatic heterocycles. The van der Waals surface area contributed by atoms with Crippen LogP contribution in [0.1, 0.15) is 49.9 Å². The molecule has 170 valence electrons. The lowest BCUT2D eigenvalue weighted by Gasteiger charge is -2.16. The molecule has 0 unspecified atom stereocenters.